The number of carbonyl (C=O) groups is 1. The Morgan fingerprint density at radius 2 is 2.33 bits per heavy atom. The molecule has 0 radical (unpaired) electrons. The molecule has 4 N–H and O–H groups in total. The summed E-state index contributed by atoms with van der Waals surface area (Å²) in [5.74, 6) is -1.85. The van der Waals surface area contributed by atoms with Crippen LogP contribution < -0.4 is 5.73 Å². The zero-order chi connectivity index (χ0) is 13.2. The Kier molecular flexibility index (Phi) is 2.65. The van der Waals surface area contributed by atoms with Crippen LogP contribution in [0.2, 0.25) is 0 Å². The Morgan fingerprint density at radius 3 is 2.87 bits per heavy atom. The maximum absolute atomic E-state index is 11.2. The summed E-state index contributed by atoms with van der Waals surface area (Å²) in [5.41, 5.74) is 5.52. The lowest BCUT2D eigenvalue weighted by atomic mass is 10.1. The van der Waals surface area contributed by atoms with Crippen molar-refractivity contribution in [3.8, 4) is 11.5 Å². The second-order valence-corrected chi connectivity index (χ2v) is 2.84. The second kappa shape index (κ2) is 4.65. The quantitative estimate of drug-likeness (QED) is 0.490. The van der Waals surface area contributed by atoms with Crippen LogP contribution in [0, 0.1) is 0 Å². The van der Waals surface area contributed by atoms with E-state index in [1.165, 1.54) is 6.07 Å². The van der Waals surface area contributed by atoms with E-state index in [-0.39, 0.29) is 11.3 Å². The first-order chi connectivity index (χ1) is 7.80. The number of methoxy groups -OCH3 is 1. The Balaban J connectivity index is 3.07. The molecule has 82 valence electrons. The predicted octanol–water partition coefficient (Wildman–Crippen LogP) is 0.141. The van der Waals surface area contributed by atoms with Crippen molar-refractivity contribution in [2.75, 3.05) is 7.11 Å². The van der Waals surface area contributed by atoms with Crippen LogP contribution in [0.3, 0.4) is 0 Å². The maximum atomic E-state index is 11.2. The van der Waals surface area contributed by atoms with E-state index in [1.807, 2.05) is 0 Å². The Hall–Kier alpha value is -1.75. The molecular weight excluding hydrogens is 198 g/mol. The van der Waals surface area contributed by atoms with Gasteiger partial charge in [-0.3, -0.25) is 4.79 Å². The van der Waals surface area contributed by atoms with Gasteiger partial charge in [0.15, 0.2) is 11.5 Å². The fourth-order valence-corrected chi connectivity index (χ4v) is 0.987. The van der Waals surface area contributed by atoms with Crippen molar-refractivity contribution >= 4 is 5.97 Å². The topological polar surface area (TPSA) is 92.8 Å². The van der Waals surface area contributed by atoms with Gasteiger partial charge in [-0.15, -0.1) is 0 Å². The lowest BCUT2D eigenvalue weighted by molar-refractivity contribution is -0.142. The second-order valence-electron chi connectivity index (χ2n) is 2.84. The highest BCUT2D eigenvalue weighted by Gasteiger charge is 2.14. The fourth-order valence-electron chi connectivity index (χ4n) is 0.987. The predicted molar refractivity (Wildman–Crippen MR) is 53.5 cm³/mol. The molecule has 0 saturated heterocycles. The molecule has 1 unspecified atom stereocenters. The third-order valence-corrected chi connectivity index (χ3v) is 1.74. The number of nitrogens with two attached hydrogens (primary N) is 1. The summed E-state index contributed by atoms with van der Waals surface area (Å²) in [6.45, 7) is 0. The van der Waals surface area contributed by atoms with E-state index in [0.29, 0.717) is 0 Å². The molecule has 1 rings (SSSR count). The van der Waals surface area contributed by atoms with Crippen LogP contribution in [0.1, 0.15) is 8.30 Å². The normalized spacial score (nSPS) is 18.3. The number of hydrogen-bond donors (Lipinski definition) is 3. The number of carbonyl (C=O) groups excluding carboxylic acids is 1. The summed E-state index contributed by atoms with van der Waals surface area (Å²) in [7, 11) is 1.07. The molecule has 0 aliphatic carbocycles. The fraction of sp³-hybridized carbons (Fsp3) is 0.300. The summed E-state index contributed by atoms with van der Waals surface area (Å²) in [4.78, 5) is 11.2. The average molecular weight is 213 g/mol. The zero-order valence-corrected chi connectivity index (χ0v) is 8.10. The molecule has 0 aliphatic heterocycles. The molecule has 0 bridgehead atoms. The van der Waals surface area contributed by atoms with E-state index in [2.05, 4.69) is 4.74 Å². The number of benzene rings is 1. The number of phenols is 2. The van der Waals surface area contributed by atoms with Crippen LogP contribution in [-0.4, -0.2) is 29.3 Å². The van der Waals surface area contributed by atoms with Gasteiger partial charge in [0.2, 0.25) is 0 Å². The van der Waals surface area contributed by atoms with Gasteiger partial charge in [-0.25, -0.2) is 0 Å². The van der Waals surface area contributed by atoms with E-state index in [4.69, 9.17) is 13.6 Å². The minimum atomic E-state index is -2.28. The first kappa shape index (κ1) is 8.55. The van der Waals surface area contributed by atoms with Crippen molar-refractivity contribution in [3.63, 3.8) is 0 Å². The third kappa shape index (κ3) is 2.85. The number of ether oxygens (including phenoxy) is 1. The first-order valence-corrected chi connectivity index (χ1v) is 4.12. The Bertz CT molecular complexity index is 436. The number of esters is 1. The largest absolute Gasteiger partial charge is 0.504 e. The van der Waals surface area contributed by atoms with Gasteiger partial charge in [0, 0.05) is 1.37 Å². The van der Waals surface area contributed by atoms with Crippen molar-refractivity contribution in [2.45, 2.75) is 12.4 Å². The lowest BCUT2D eigenvalue weighted by Crippen LogP contribution is -2.33. The number of hydrogen-bond acceptors (Lipinski definition) is 5. The van der Waals surface area contributed by atoms with E-state index in [0.717, 1.165) is 19.2 Å². The van der Waals surface area contributed by atoms with Crippen LogP contribution in [0.15, 0.2) is 18.2 Å². The minimum absolute atomic E-state index is 0.128. The van der Waals surface area contributed by atoms with Gasteiger partial charge in [0.1, 0.15) is 6.02 Å². The van der Waals surface area contributed by atoms with Crippen molar-refractivity contribution in [1.82, 2.24) is 0 Å². The number of rotatable bonds is 3. The van der Waals surface area contributed by atoms with Crippen molar-refractivity contribution in [2.24, 2.45) is 5.73 Å². The van der Waals surface area contributed by atoms with Crippen LogP contribution in [-0.2, 0) is 15.9 Å². The van der Waals surface area contributed by atoms with Crippen molar-refractivity contribution in [3.05, 3.63) is 23.8 Å². The molecule has 5 nitrogen and oxygen atoms in total. The zero-order valence-electron chi connectivity index (χ0n) is 10.1. The van der Waals surface area contributed by atoms with Gasteiger partial charge in [0.05, 0.1) is 8.48 Å². The molecule has 0 aliphatic rings. The van der Waals surface area contributed by atoms with E-state index < -0.39 is 24.1 Å². The van der Waals surface area contributed by atoms with Gasteiger partial charge in [-0.2, -0.15) is 0 Å². The monoisotopic (exact) mass is 213 g/mol. The molecule has 5 heteroatoms. The Morgan fingerprint density at radius 1 is 1.67 bits per heavy atom. The third-order valence-electron chi connectivity index (χ3n) is 1.74. The van der Waals surface area contributed by atoms with Crippen molar-refractivity contribution in [1.29, 1.82) is 0 Å². The van der Waals surface area contributed by atoms with Crippen LogP contribution >= 0.6 is 0 Å². The van der Waals surface area contributed by atoms with Gasteiger partial charge >= 0.3 is 5.97 Å². The summed E-state index contributed by atoms with van der Waals surface area (Å²) < 4.78 is 19.6. The highest BCUT2D eigenvalue weighted by Crippen LogP contribution is 2.25. The molecule has 15 heavy (non-hydrogen) atoms. The summed E-state index contributed by atoms with van der Waals surface area (Å²) in [6.07, 6.45) is -1.44. The standard InChI is InChI=1S/C10H13NO4/c1-15-10(14)7(11)4-6-2-3-8(12)9(13)5-6/h2-3,5,7,12-13H,4,11H2,1H3/t7-/m0/s1/i4D,7D/t4?,7-. The molecule has 1 aromatic carbocycles. The average Bonchev–Trinajstić information content (AvgIpc) is 2.30. The molecule has 0 amide bonds. The van der Waals surface area contributed by atoms with Gasteiger partial charge < -0.3 is 20.7 Å². The van der Waals surface area contributed by atoms with Crippen LogP contribution in [0.4, 0.5) is 0 Å². The van der Waals surface area contributed by atoms with Crippen molar-refractivity contribution < 1.29 is 22.5 Å². The van der Waals surface area contributed by atoms with Gasteiger partial charge in [0.25, 0.3) is 0 Å². The number of aromatic hydroxyl groups is 2. The van der Waals surface area contributed by atoms with E-state index in [1.54, 1.807) is 0 Å². The molecule has 2 atom stereocenters. The van der Waals surface area contributed by atoms with Crippen LogP contribution in [0.5, 0.6) is 11.5 Å². The smallest absolute Gasteiger partial charge is 0.322 e. The number of phenolic OH excluding ortho intramolecular Hbond substituents is 2. The molecule has 0 heterocycles. The molecule has 0 spiro atoms. The molecule has 0 fully saturated rings. The minimum Gasteiger partial charge on any atom is -0.504 e. The molecule has 0 saturated carbocycles. The van der Waals surface area contributed by atoms with Gasteiger partial charge in [-0.1, -0.05) is 6.07 Å². The SMILES string of the molecule is [2H]C(c1ccc(O)c(O)c1)[C@]([2H])(N)C(=O)OC. The lowest BCUT2D eigenvalue weighted by Gasteiger charge is -2.09. The van der Waals surface area contributed by atoms with Crippen LogP contribution in [0.25, 0.3) is 0 Å². The highest BCUT2D eigenvalue weighted by atomic mass is 16.5. The first-order valence-electron chi connectivity index (χ1n) is 5.20. The summed E-state index contributed by atoms with van der Waals surface area (Å²) >= 11 is 0. The van der Waals surface area contributed by atoms with Gasteiger partial charge in [-0.05, 0) is 24.1 Å². The molecule has 1 aromatic rings. The Labute approximate surface area is 89.9 Å². The van der Waals surface area contributed by atoms with E-state index >= 15 is 0 Å². The summed E-state index contributed by atoms with van der Waals surface area (Å²) in [6, 6.07) is 1.25. The maximum Gasteiger partial charge on any atom is 0.322 e. The summed E-state index contributed by atoms with van der Waals surface area (Å²) in [5, 5.41) is 18.4. The molecular formula is C10H13NO4. The highest BCUT2D eigenvalue weighted by molar-refractivity contribution is 5.75. The molecule has 0 aromatic heterocycles. The van der Waals surface area contributed by atoms with E-state index in [9.17, 15) is 9.90 Å².